The molecule has 0 aromatic heterocycles. The van der Waals surface area contributed by atoms with Crippen molar-refractivity contribution < 1.29 is 9.53 Å². The van der Waals surface area contributed by atoms with Crippen LogP contribution in [0.5, 0.6) is 0 Å². The van der Waals surface area contributed by atoms with Gasteiger partial charge in [-0.3, -0.25) is 4.79 Å². The molecular formula is C23H22O2. The zero-order valence-electron chi connectivity index (χ0n) is 14.3. The SMILES string of the molecule is O=C(CCOCc1ccccc1)c1cc2c(c3ccccc13)CCC2. The molecule has 0 fully saturated rings. The molecule has 1 aliphatic carbocycles. The van der Waals surface area contributed by atoms with Gasteiger partial charge in [0, 0.05) is 12.0 Å². The van der Waals surface area contributed by atoms with Crippen LogP contribution in [0.15, 0.2) is 60.7 Å². The Labute approximate surface area is 148 Å². The first-order chi connectivity index (χ1) is 12.3. The van der Waals surface area contributed by atoms with Crippen molar-refractivity contribution in [2.24, 2.45) is 0 Å². The Morgan fingerprint density at radius 3 is 2.52 bits per heavy atom. The third-order valence-corrected chi connectivity index (χ3v) is 5.01. The van der Waals surface area contributed by atoms with Gasteiger partial charge in [-0.1, -0.05) is 54.6 Å². The molecule has 2 heteroatoms. The minimum Gasteiger partial charge on any atom is -0.376 e. The lowest BCUT2D eigenvalue weighted by atomic mass is 9.93. The highest BCUT2D eigenvalue weighted by Gasteiger charge is 2.19. The van der Waals surface area contributed by atoms with E-state index in [1.165, 1.54) is 22.9 Å². The largest absolute Gasteiger partial charge is 0.376 e. The van der Waals surface area contributed by atoms with E-state index in [0.29, 0.717) is 19.6 Å². The maximum Gasteiger partial charge on any atom is 0.165 e. The molecule has 3 aromatic rings. The fraction of sp³-hybridized carbons (Fsp3) is 0.261. The van der Waals surface area contributed by atoms with Gasteiger partial charge < -0.3 is 4.74 Å². The standard InChI is InChI=1S/C23H22O2/c24-23(13-14-25-16-17-7-2-1-3-8-17)22-15-18-9-6-12-19(18)20-10-4-5-11-21(20)22/h1-5,7-8,10-11,15H,6,9,12-14,16H2. The number of ether oxygens (including phenoxy) is 1. The van der Waals surface area contributed by atoms with Gasteiger partial charge in [-0.2, -0.15) is 0 Å². The molecule has 0 radical (unpaired) electrons. The first-order valence-electron chi connectivity index (χ1n) is 9.01. The molecule has 0 saturated heterocycles. The number of carbonyl (C=O) groups excluding carboxylic acids is 1. The van der Waals surface area contributed by atoms with Crippen molar-refractivity contribution in [2.75, 3.05) is 6.61 Å². The van der Waals surface area contributed by atoms with Crippen LogP contribution in [0.3, 0.4) is 0 Å². The van der Waals surface area contributed by atoms with Crippen LogP contribution in [0, 0.1) is 0 Å². The molecule has 2 nitrogen and oxygen atoms in total. The molecule has 0 bridgehead atoms. The van der Waals surface area contributed by atoms with Crippen molar-refractivity contribution in [3.63, 3.8) is 0 Å². The van der Waals surface area contributed by atoms with Crippen LogP contribution in [0.25, 0.3) is 10.8 Å². The number of ketones is 1. The molecule has 0 aliphatic heterocycles. The smallest absolute Gasteiger partial charge is 0.165 e. The summed E-state index contributed by atoms with van der Waals surface area (Å²) >= 11 is 0. The topological polar surface area (TPSA) is 26.3 Å². The maximum atomic E-state index is 12.8. The van der Waals surface area contributed by atoms with E-state index < -0.39 is 0 Å². The molecular weight excluding hydrogens is 308 g/mol. The Morgan fingerprint density at radius 1 is 0.920 bits per heavy atom. The summed E-state index contributed by atoms with van der Waals surface area (Å²) in [7, 11) is 0. The summed E-state index contributed by atoms with van der Waals surface area (Å²) in [5.74, 6) is 0.180. The number of aryl methyl sites for hydroxylation is 2. The summed E-state index contributed by atoms with van der Waals surface area (Å²) in [5.41, 5.74) is 4.79. The molecule has 0 amide bonds. The quantitative estimate of drug-likeness (QED) is 0.463. The molecule has 25 heavy (non-hydrogen) atoms. The Balaban J connectivity index is 1.48. The van der Waals surface area contributed by atoms with Crippen molar-refractivity contribution in [1.82, 2.24) is 0 Å². The minimum atomic E-state index is 0.180. The number of hydrogen-bond donors (Lipinski definition) is 0. The van der Waals surface area contributed by atoms with E-state index in [1.807, 2.05) is 36.4 Å². The van der Waals surface area contributed by atoms with Crippen LogP contribution in [-0.2, 0) is 24.2 Å². The second-order valence-corrected chi connectivity index (χ2v) is 6.67. The van der Waals surface area contributed by atoms with Crippen LogP contribution >= 0.6 is 0 Å². The van der Waals surface area contributed by atoms with Crippen LogP contribution in [0.4, 0.5) is 0 Å². The van der Waals surface area contributed by atoms with Gasteiger partial charge >= 0.3 is 0 Å². The first-order valence-corrected chi connectivity index (χ1v) is 9.01. The summed E-state index contributed by atoms with van der Waals surface area (Å²) in [4.78, 5) is 12.8. The Hall–Kier alpha value is -2.45. The lowest BCUT2D eigenvalue weighted by Gasteiger charge is -2.11. The molecule has 126 valence electrons. The number of carbonyl (C=O) groups is 1. The van der Waals surface area contributed by atoms with Crippen molar-refractivity contribution in [1.29, 1.82) is 0 Å². The molecule has 0 atom stereocenters. The Bertz CT molecular complexity index is 897. The van der Waals surface area contributed by atoms with Crippen molar-refractivity contribution in [3.8, 4) is 0 Å². The van der Waals surface area contributed by atoms with Crippen molar-refractivity contribution in [2.45, 2.75) is 32.3 Å². The summed E-state index contributed by atoms with van der Waals surface area (Å²) in [6.07, 6.45) is 3.84. The zero-order valence-corrected chi connectivity index (χ0v) is 14.3. The second kappa shape index (κ2) is 7.20. The van der Waals surface area contributed by atoms with Crippen LogP contribution in [0.1, 0.15) is 39.9 Å². The highest BCUT2D eigenvalue weighted by molar-refractivity contribution is 6.09. The fourth-order valence-electron chi connectivity index (χ4n) is 3.76. The monoisotopic (exact) mass is 330 g/mol. The number of hydrogen-bond acceptors (Lipinski definition) is 2. The van der Waals surface area contributed by atoms with E-state index in [9.17, 15) is 4.79 Å². The molecule has 0 spiro atoms. The van der Waals surface area contributed by atoms with Gasteiger partial charge in [0.15, 0.2) is 5.78 Å². The van der Waals surface area contributed by atoms with Crippen LogP contribution in [0.2, 0.25) is 0 Å². The highest BCUT2D eigenvalue weighted by atomic mass is 16.5. The molecule has 0 unspecified atom stereocenters. The molecule has 0 heterocycles. The average Bonchev–Trinajstić information content (AvgIpc) is 3.14. The zero-order chi connectivity index (χ0) is 17.1. The summed E-state index contributed by atoms with van der Waals surface area (Å²) in [6.45, 7) is 1.01. The Morgan fingerprint density at radius 2 is 1.68 bits per heavy atom. The van der Waals surface area contributed by atoms with Gasteiger partial charge in [0.2, 0.25) is 0 Å². The molecule has 0 saturated carbocycles. The van der Waals surface area contributed by atoms with Gasteiger partial charge in [-0.15, -0.1) is 0 Å². The summed E-state index contributed by atoms with van der Waals surface area (Å²) in [5, 5.41) is 2.35. The van der Waals surface area contributed by atoms with Gasteiger partial charge in [0.25, 0.3) is 0 Å². The first kappa shape index (κ1) is 16.0. The van der Waals surface area contributed by atoms with E-state index in [-0.39, 0.29) is 5.78 Å². The average molecular weight is 330 g/mol. The molecule has 1 aliphatic rings. The third-order valence-electron chi connectivity index (χ3n) is 5.01. The molecule has 4 rings (SSSR count). The van der Waals surface area contributed by atoms with Crippen molar-refractivity contribution >= 4 is 16.6 Å². The third kappa shape index (κ3) is 3.35. The van der Waals surface area contributed by atoms with E-state index in [2.05, 4.69) is 24.3 Å². The number of Topliss-reactive ketones (excluding diaryl/α,β-unsaturated/α-hetero) is 1. The van der Waals surface area contributed by atoms with Crippen LogP contribution < -0.4 is 0 Å². The predicted molar refractivity (Wildman–Crippen MR) is 101 cm³/mol. The Kier molecular flexibility index (Phi) is 4.62. The van der Waals surface area contributed by atoms with Gasteiger partial charge in [-0.25, -0.2) is 0 Å². The lowest BCUT2D eigenvalue weighted by molar-refractivity contribution is 0.0850. The van der Waals surface area contributed by atoms with E-state index in [4.69, 9.17) is 4.74 Å². The normalized spacial score (nSPS) is 13.1. The van der Waals surface area contributed by atoms with Gasteiger partial charge in [0.05, 0.1) is 13.2 Å². The molecule has 3 aromatic carbocycles. The minimum absolute atomic E-state index is 0.180. The van der Waals surface area contributed by atoms with Gasteiger partial charge in [-0.05, 0) is 52.8 Å². The second-order valence-electron chi connectivity index (χ2n) is 6.67. The van der Waals surface area contributed by atoms with E-state index in [0.717, 1.165) is 29.4 Å². The van der Waals surface area contributed by atoms with E-state index in [1.54, 1.807) is 0 Å². The van der Waals surface area contributed by atoms with Crippen LogP contribution in [-0.4, -0.2) is 12.4 Å². The maximum absolute atomic E-state index is 12.8. The lowest BCUT2D eigenvalue weighted by Crippen LogP contribution is -2.07. The molecule has 0 N–H and O–H groups in total. The number of fused-ring (bicyclic) bond motifs is 3. The predicted octanol–water partition coefficient (Wildman–Crippen LogP) is 5.12. The summed E-state index contributed by atoms with van der Waals surface area (Å²) in [6, 6.07) is 20.5. The van der Waals surface area contributed by atoms with Gasteiger partial charge in [0.1, 0.15) is 0 Å². The van der Waals surface area contributed by atoms with Crippen molar-refractivity contribution in [3.05, 3.63) is 82.9 Å². The van der Waals surface area contributed by atoms with E-state index >= 15 is 0 Å². The number of benzene rings is 3. The number of rotatable bonds is 6. The highest BCUT2D eigenvalue weighted by Crippen LogP contribution is 2.33. The fourth-order valence-corrected chi connectivity index (χ4v) is 3.76. The summed E-state index contributed by atoms with van der Waals surface area (Å²) < 4.78 is 5.70.